The van der Waals surface area contributed by atoms with Crippen LogP contribution in [0.4, 0.5) is 5.13 Å². The molecule has 2 aliphatic heterocycles. The number of thioether (sulfide) groups is 1. The van der Waals surface area contributed by atoms with Crippen molar-refractivity contribution in [1.82, 2.24) is 15.2 Å². The Morgan fingerprint density at radius 3 is 2.57 bits per heavy atom. The second-order valence-electron chi connectivity index (χ2n) is 8.62. The van der Waals surface area contributed by atoms with E-state index in [1.807, 2.05) is 18.2 Å². The lowest BCUT2D eigenvalue weighted by molar-refractivity contribution is -0.689. The summed E-state index contributed by atoms with van der Waals surface area (Å²) in [6.45, 7) is 2.77. The number of rotatable bonds is 9. The number of hydrogen-bond acceptors (Lipinski definition) is 10. The molecule has 0 radical (unpaired) electrons. The van der Waals surface area contributed by atoms with Crippen LogP contribution in [0.5, 0.6) is 0 Å². The van der Waals surface area contributed by atoms with E-state index in [0.29, 0.717) is 5.57 Å². The number of pyridine rings is 1. The Balaban J connectivity index is 1.54. The molecule has 0 aliphatic carbocycles. The maximum absolute atomic E-state index is 13.1. The third-order valence-electron chi connectivity index (χ3n) is 5.59. The van der Waals surface area contributed by atoms with Gasteiger partial charge in [0, 0.05) is 23.1 Å². The van der Waals surface area contributed by atoms with E-state index >= 15 is 0 Å². The van der Waals surface area contributed by atoms with Gasteiger partial charge in [-0.2, -0.15) is 0 Å². The van der Waals surface area contributed by atoms with Crippen molar-refractivity contribution in [1.29, 1.82) is 0 Å². The van der Waals surface area contributed by atoms with Gasteiger partial charge in [0.1, 0.15) is 17.1 Å². The molecule has 15 heteroatoms. The first-order valence-electron chi connectivity index (χ1n) is 10.8. The molecule has 1 fully saturated rings. The van der Waals surface area contributed by atoms with Gasteiger partial charge in [-0.1, -0.05) is 11.2 Å². The van der Waals surface area contributed by atoms with Crippen LogP contribution in [0.25, 0.3) is 0 Å². The Kier molecular flexibility index (Phi) is 7.18. The number of nitrogen functional groups attached to an aromatic ring is 1. The molecule has 13 nitrogen and oxygen atoms in total. The number of amides is 2. The first kappa shape index (κ1) is 26.1. The normalized spacial score (nSPS) is 21.4. The van der Waals surface area contributed by atoms with Crippen LogP contribution in [0, 0.1) is 0 Å². The number of thiazole rings is 1. The van der Waals surface area contributed by atoms with Gasteiger partial charge in [0.05, 0.1) is 0 Å². The topological polar surface area (TPSA) is 188 Å². The van der Waals surface area contributed by atoms with Gasteiger partial charge in [-0.05, 0) is 19.3 Å². The molecular weight excluding hydrogens is 524 g/mol. The van der Waals surface area contributed by atoms with Gasteiger partial charge in [-0.3, -0.25) is 9.59 Å². The molecule has 194 valence electrons. The van der Waals surface area contributed by atoms with Crippen molar-refractivity contribution in [2.75, 3.05) is 5.73 Å². The molecule has 0 aromatic carbocycles. The van der Waals surface area contributed by atoms with Crippen molar-refractivity contribution >= 4 is 57.7 Å². The Morgan fingerprint density at radius 2 is 1.97 bits per heavy atom. The quantitative estimate of drug-likeness (QED) is 0.144. The van der Waals surface area contributed by atoms with Crippen molar-refractivity contribution in [3.8, 4) is 0 Å². The SMILES string of the molecule is CC(C)(O/N=C(/C(=O)N[C@@H]1C(=O)N2[C@@H](C(=O)O)C(C[n+]3ccccc3)=CS[C@H]12)c1csc(N)n1)C(=O)O. The van der Waals surface area contributed by atoms with E-state index in [4.69, 9.17) is 10.6 Å². The number of carboxylic acids is 2. The van der Waals surface area contributed by atoms with Crippen molar-refractivity contribution in [2.24, 2.45) is 5.16 Å². The van der Waals surface area contributed by atoms with E-state index in [0.717, 1.165) is 11.3 Å². The fourth-order valence-electron chi connectivity index (χ4n) is 3.60. The molecule has 37 heavy (non-hydrogen) atoms. The van der Waals surface area contributed by atoms with Gasteiger partial charge in [-0.15, -0.1) is 23.1 Å². The molecular formula is C22H23N6O7S2+. The average molecular weight is 548 g/mol. The van der Waals surface area contributed by atoms with Crippen LogP contribution in [-0.2, 0) is 30.6 Å². The summed E-state index contributed by atoms with van der Waals surface area (Å²) in [5.41, 5.74) is 4.10. The smallest absolute Gasteiger partial charge is 0.350 e. The Bertz CT molecular complexity index is 1310. The summed E-state index contributed by atoms with van der Waals surface area (Å²) in [4.78, 5) is 59.9. The van der Waals surface area contributed by atoms with E-state index < -0.39 is 46.8 Å². The number of carbonyl (C=O) groups is 4. The number of aliphatic carboxylic acids is 2. The molecule has 2 aromatic heterocycles. The standard InChI is InChI=1S/C22H22N6O7S2/c1-22(2,20(33)34)35-26-13(12-10-37-21(23)24-12)16(29)25-14-17(30)28-15(19(31)32)11(9-36-18(14)28)8-27-6-4-3-5-7-27/h3-7,9-10,14-15,18H,8H2,1-2H3,(H4-,23,24,25,29,31,32,33,34)/p+1/b26-13+/t14-,15-,18-/m1/s1. The fraction of sp³-hybridized carbons (Fsp3) is 0.318. The minimum atomic E-state index is -1.75. The highest BCUT2D eigenvalue weighted by atomic mass is 32.2. The third-order valence-corrected chi connectivity index (χ3v) is 7.48. The second-order valence-corrected chi connectivity index (χ2v) is 10.5. The van der Waals surface area contributed by atoms with Gasteiger partial charge in [-0.25, -0.2) is 19.1 Å². The van der Waals surface area contributed by atoms with Gasteiger partial charge in [0.25, 0.3) is 5.91 Å². The number of hydrogen-bond donors (Lipinski definition) is 4. The summed E-state index contributed by atoms with van der Waals surface area (Å²) in [7, 11) is 0. The average Bonchev–Trinajstić information content (AvgIpc) is 3.28. The minimum absolute atomic E-state index is 0.0339. The molecule has 2 aliphatic rings. The Labute approximate surface area is 218 Å². The molecule has 0 spiro atoms. The summed E-state index contributed by atoms with van der Waals surface area (Å²) in [5.74, 6) is -3.93. The largest absolute Gasteiger partial charge is 0.479 e. The number of anilines is 1. The summed E-state index contributed by atoms with van der Waals surface area (Å²) < 4.78 is 1.80. The summed E-state index contributed by atoms with van der Waals surface area (Å²) in [5, 5.41) is 28.0. The lowest BCUT2D eigenvalue weighted by Crippen LogP contribution is -2.74. The second kappa shape index (κ2) is 10.2. The summed E-state index contributed by atoms with van der Waals surface area (Å²) in [6, 6.07) is 3.22. The molecule has 1 saturated heterocycles. The maximum Gasteiger partial charge on any atom is 0.350 e. The van der Waals surface area contributed by atoms with Gasteiger partial charge < -0.3 is 31.0 Å². The molecule has 5 N–H and O–H groups in total. The fourth-order valence-corrected chi connectivity index (χ4v) is 5.36. The predicted molar refractivity (Wildman–Crippen MR) is 132 cm³/mol. The highest BCUT2D eigenvalue weighted by Crippen LogP contribution is 2.40. The zero-order valence-electron chi connectivity index (χ0n) is 19.6. The zero-order chi connectivity index (χ0) is 26.9. The molecule has 3 atom stereocenters. The number of carbonyl (C=O) groups excluding carboxylic acids is 2. The van der Waals surface area contributed by atoms with Crippen LogP contribution in [0.1, 0.15) is 19.5 Å². The molecule has 4 rings (SSSR count). The number of nitrogens with zero attached hydrogens (tertiary/aromatic N) is 4. The van der Waals surface area contributed by atoms with Gasteiger partial charge in [0.2, 0.25) is 11.5 Å². The predicted octanol–water partition coefficient (Wildman–Crippen LogP) is 0.0339. The number of fused-ring (bicyclic) bond motifs is 1. The highest BCUT2D eigenvalue weighted by molar-refractivity contribution is 8.02. The van der Waals surface area contributed by atoms with E-state index in [-0.39, 0.29) is 23.1 Å². The van der Waals surface area contributed by atoms with E-state index in [1.54, 1.807) is 22.4 Å². The van der Waals surface area contributed by atoms with Gasteiger partial charge >= 0.3 is 11.9 Å². The number of nitrogens with two attached hydrogens (primary N) is 1. The number of aromatic nitrogens is 2. The van der Waals surface area contributed by atoms with Crippen LogP contribution >= 0.6 is 23.1 Å². The summed E-state index contributed by atoms with van der Waals surface area (Å²) >= 11 is 2.25. The molecule has 0 unspecified atom stereocenters. The number of carboxylic acid groups (broad SMARTS) is 2. The molecule has 2 amide bonds. The van der Waals surface area contributed by atoms with Crippen LogP contribution in [0.15, 0.2) is 52.1 Å². The lowest BCUT2D eigenvalue weighted by atomic mass is 9.97. The van der Waals surface area contributed by atoms with Crippen molar-refractivity contribution < 1.29 is 38.8 Å². The van der Waals surface area contributed by atoms with Crippen LogP contribution < -0.4 is 15.6 Å². The van der Waals surface area contributed by atoms with Crippen LogP contribution in [-0.4, -0.2) is 72.6 Å². The van der Waals surface area contributed by atoms with Gasteiger partial charge in [0.15, 0.2) is 35.8 Å². The number of oxime groups is 1. The highest BCUT2D eigenvalue weighted by Gasteiger charge is 2.56. The van der Waals surface area contributed by atoms with Crippen molar-refractivity contribution in [3.63, 3.8) is 0 Å². The Morgan fingerprint density at radius 1 is 1.27 bits per heavy atom. The monoisotopic (exact) mass is 547 g/mol. The minimum Gasteiger partial charge on any atom is -0.479 e. The summed E-state index contributed by atoms with van der Waals surface area (Å²) in [6.07, 6.45) is 3.58. The Hall–Kier alpha value is -3.98. The lowest BCUT2D eigenvalue weighted by Gasteiger charge is -2.51. The van der Waals surface area contributed by atoms with E-state index in [9.17, 15) is 29.4 Å². The maximum atomic E-state index is 13.1. The van der Waals surface area contributed by atoms with E-state index in [1.165, 1.54) is 35.9 Å². The van der Waals surface area contributed by atoms with Crippen molar-refractivity contribution in [2.45, 2.75) is 43.5 Å². The third kappa shape index (κ3) is 5.27. The molecule has 0 bridgehead atoms. The van der Waals surface area contributed by atoms with Crippen LogP contribution in [0.3, 0.4) is 0 Å². The number of nitrogens with one attached hydrogen (secondary N) is 1. The van der Waals surface area contributed by atoms with Crippen LogP contribution in [0.2, 0.25) is 0 Å². The van der Waals surface area contributed by atoms with Crippen molar-refractivity contribution in [3.05, 3.63) is 52.6 Å². The van der Waals surface area contributed by atoms with E-state index in [2.05, 4.69) is 15.5 Å². The first-order valence-corrected chi connectivity index (χ1v) is 12.7. The number of β-lactam (4-membered cyclic amide) rings is 1. The first-order chi connectivity index (χ1) is 17.5. The molecule has 0 saturated carbocycles. The molecule has 4 heterocycles. The zero-order valence-corrected chi connectivity index (χ0v) is 21.2. The molecule has 2 aromatic rings.